The Hall–Kier alpha value is -0.630. The van der Waals surface area contributed by atoms with E-state index in [1.54, 1.807) is 0 Å². The summed E-state index contributed by atoms with van der Waals surface area (Å²) in [5, 5.41) is 8.50. The third kappa shape index (κ3) is 4.05. The van der Waals surface area contributed by atoms with Crippen molar-refractivity contribution in [1.29, 1.82) is 5.26 Å². The summed E-state index contributed by atoms with van der Waals surface area (Å²) in [7, 11) is 4.17. The van der Waals surface area contributed by atoms with Gasteiger partial charge in [0, 0.05) is 39.3 Å². The van der Waals surface area contributed by atoms with Crippen LogP contribution in [0.2, 0.25) is 0 Å². The highest BCUT2D eigenvalue weighted by atomic mass is 15.3. The van der Waals surface area contributed by atoms with Crippen molar-refractivity contribution in [2.24, 2.45) is 0 Å². The molecule has 4 heteroatoms. The molecule has 0 saturated carbocycles. The van der Waals surface area contributed by atoms with Gasteiger partial charge >= 0.3 is 0 Å². The largest absolute Gasteiger partial charge is 0.304 e. The van der Waals surface area contributed by atoms with E-state index in [-0.39, 0.29) is 0 Å². The van der Waals surface area contributed by atoms with Crippen LogP contribution in [-0.4, -0.2) is 74.6 Å². The predicted molar refractivity (Wildman–Crippen MR) is 57.0 cm³/mol. The molecule has 0 atom stereocenters. The van der Waals surface area contributed by atoms with E-state index in [1.807, 2.05) is 7.05 Å². The first kappa shape index (κ1) is 11.4. The number of hydrogen-bond acceptors (Lipinski definition) is 4. The van der Waals surface area contributed by atoms with E-state index in [1.165, 1.54) is 13.1 Å². The van der Waals surface area contributed by atoms with Crippen molar-refractivity contribution in [3.63, 3.8) is 0 Å². The van der Waals surface area contributed by atoms with Crippen LogP contribution in [0.5, 0.6) is 0 Å². The molecule has 14 heavy (non-hydrogen) atoms. The molecule has 0 amide bonds. The Bertz CT molecular complexity index is 191. The summed E-state index contributed by atoms with van der Waals surface area (Å²) in [4.78, 5) is 6.89. The number of piperazine rings is 1. The lowest BCUT2D eigenvalue weighted by Gasteiger charge is -2.33. The summed E-state index contributed by atoms with van der Waals surface area (Å²) in [6.07, 6.45) is 0. The lowest BCUT2D eigenvalue weighted by molar-refractivity contribution is 0.143. The van der Waals surface area contributed by atoms with Crippen molar-refractivity contribution in [3.05, 3.63) is 0 Å². The van der Waals surface area contributed by atoms with Crippen molar-refractivity contribution in [1.82, 2.24) is 14.7 Å². The van der Waals surface area contributed by atoms with E-state index in [0.29, 0.717) is 6.54 Å². The van der Waals surface area contributed by atoms with E-state index >= 15 is 0 Å². The Kier molecular flexibility index (Phi) is 4.88. The second-order valence-electron chi connectivity index (χ2n) is 4.04. The number of nitrogens with zero attached hydrogens (tertiary/aromatic N) is 4. The Morgan fingerprint density at radius 2 is 1.93 bits per heavy atom. The highest BCUT2D eigenvalue weighted by Crippen LogP contribution is 1.98. The molecule has 1 saturated heterocycles. The smallest absolute Gasteiger partial charge is 0.0863 e. The van der Waals surface area contributed by atoms with E-state index in [4.69, 9.17) is 5.26 Å². The topological polar surface area (TPSA) is 33.5 Å². The highest BCUT2D eigenvalue weighted by molar-refractivity contribution is 4.76. The molecule has 1 aliphatic heterocycles. The van der Waals surface area contributed by atoms with Crippen molar-refractivity contribution in [2.45, 2.75) is 0 Å². The Balaban J connectivity index is 2.10. The number of likely N-dealkylation sites (N-methyl/N-ethyl adjacent to an activating group) is 2. The molecular weight excluding hydrogens is 176 g/mol. The van der Waals surface area contributed by atoms with Gasteiger partial charge in [-0.1, -0.05) is 0 Å². The molecule has 0 bridgehead atoms. The summed E-state index contributed by atoms with van der Waals surface area (Å²) in [5.41, 5.74) is 0. The predicted octanol–water partition coefficient (Wildman–Crippen LogP) is -0.311. The average Bonchev–Trinajstić information content (AvgIpc) is 2.17. The first-order chi connectivity index (χ1) is 6.72. The van der Waals surface area contributed by atoms with Crippen LogP contribution in [0.1, 0.15) is 0 Å². The maximum atomic E-state index is 8.50. The molecule has 1 heterocycles. The average molecular weight is 196 g/mol. The minimum atomic E-state index is 0.535. The summed E-state index contributed by atoms with van der Waals surface area (Å²) >= 11 is 0. The van der Waals surface area contributed by atoms with Gasteiger partial charge in [0.25, 0.3) is 0 Å². The number of hydrogen-bond donors (Lipinski definition) is 0. The van der Waals surface area contributed by atoms with Gasteiger partial charge in [-0.05, 0) is 14.1 Å². The summed E-state index contributed by atoms with van der Waals surface area (Å²) < 4.78 is 0. The fourth-order valence-electron chi connectivity index (χ4n) is 1.58. The van der Waals surface area contributed by atoms with Gasteiger partial charge < -0.3 is 4.90 Å². The molecule has 0 spiro atoms. The zero-order chi connectivity index (χ0) is 10.4. The molecule has 0 N–H and O–H groups in total. The molecular formula is C10H20N4. The minimum Gasteiger partial charge on any atom is -0.304 e. The van der Waals surface area contributed by atoms with Crippen LogP contribution in [0.25, 0.3) is 0 Å². The Labute approximate surface area is 86.7 Å². The second kappa shape index (κ2) is 5.97. The van der Waals surface area contributed by atoms with Crippen LogP contribution in [0.15, 0.2) is 0 Å². The van der Waals surface area contributed by atoms with E-state index < -0.39 is 0 Å². The zero-order valence-corrected chi connectivity index (χ0v) is 9.24. The van der Waals surface area contributed by atoms with Gasteiger partial charge in [0.15, 0.2) is 0 Å². The van der Waals surface area contributed by atoms with Crippen LogP contribution in [0.4, 0.5) is 0 Å². The van der Waals surface area contributed by atoms with Crippen LogP contribution < -0.4 is 0 Å². The molecule has 0 unspecified atom stereocenters. The third-order valence-corrected chi connectivity index (χ3v) is 2.73. The lowest BCUT2D eigenvalue weighted by Crippen LogP contribution is -2.46. The van der Waals surface area contributed by atoms with Crippen molar-refractivity contribution in [3.8, 4) is 6.07 Å². The van der Waals surface area contributed by atoms with Crippen molar-refractivity contribution < 1.29 is 0 Å². The molecule has 1 rings (SSSR count). The Morgan fingerprint density at radius 3 is 2.50 bits per heavy atom. The van der Waals surface area contributed by atoms with Crippen LogP contribution in [-0.2, 0) is 0 Å². The number of rotatable bonds is 4. The van der Waals surface area contributed by atoms with Crippen LogP contribution >= 0.6 is 0 Å². The highest BCUT2D eigenvalue weighted by Gasteiger charge is 2.13. The molecule has 0 aromatic carbocycles. The van der Waals surface area contributed by atoms with Gasteiger partial charge in [0.05, 0.1) is 12.6 Å². The quantitative estimate of drug-likeness (QED) is 0.578. The first-order valence-electron chi connectivity index (χ1n) is 5.19. The lowest BCUT2D eigenvalue weighted by atomic mass is 10.3. The summed E-state index contributed by atoms with van der Waals surface area (Å²) in [6.45, 7) is 7.29. The first-order valence-corrected chi connectivity index (χ1v) is 5.19. The van der Waals surface area contributed by atoms with Gasteiger partial charge in [-0.15, -0.1) is 0 Å². The van der Waals surface area contributed by atoms with E-state index in [9.17, 15) is 0 Å². The molecule has 0 aromatic heterocycles. The van der Waals surface area contributed by atoms with Gasteiger partial charge in [-0.2, -0.15) is 5.26 Å². The van der Waals surface area contributed by atoms with E-state index in [2.05, 4.69) is 27.8 Å². The fraction of sp³-hybridized carbons (Fsp3) is 0.900. The van der Waals surface area contributed by atoms with Gasteiger partial charge in [0.1, 0.15) is 0 Å². The molecule has 0 radical (unpaired) electrons. The standard InChI is InChI=1S/C10H20N4/c1-12(4-3-11)5-8-14-9-6-13(2)7-10-14/h4-10H2,1-2H3. The van der Waals surface area contributed by atoms with Crippen molar-refractivity contribution >= 4 is 0 Å². The zero-order valence-electron chi connectivity index (χ0n) is 9.24. The monoisotopic (exact) mass is 196 g/mol. The van der Waals surface area contributed by atoms with E-state index in [0.717, 1.165) is 26.2 Å². The SMILES string of the molecule is CN(CC#N)CCN1CCN(C)CC1. The molecule has 80 valence electrons. The summed E-state index contributed by atoms with van der Waals surface area (Å²) in [5.74, 6) is 0. The maximum absolute atomic E-state index is 8.50. The maximum Gasteiger partial charge on any atom is 0.0863 e. The normalized spacial score (nSPS) is 19.9. The van der Waals surface area contributed by atoms with Gasteiger partial charge in [-0.3, -0.25) is 9.80 Å². The molecule has 1 aliphatic rings. The van der Waals surface area contributed by atoms with Crippen molar-refractivity contribution in [2.75, 3.05) is 59.9 Å². The minimum absolute atomic E-state index is 0.535. The molecule has 4 nitrogen and oxygen atoms in total. The molecule has 0 aromatic rings. The number of nitriles is 1. The fourth-order valence-corrected chi connectivity index (χ4v) is 1.58. The third-order valence-electron chi connectivity index (χ3n) is 2.73. The van der Waals surface area contributed by atoms with Crippen LogP contribution in [0, 0.1) is 11.3 Å². The molecule has 1 fully saturated rings. The second-order valence-corrected chi connectivity index (χ2v) is 4.04. The molecule has 0 aliphatic carbocycles. The Morgan fingerprint density at radius 1 is 1.29 bits per heavy atom. The van der Waals surface area contributed by atoms with Gasteiger partial charge in [0.2, 0.25) is 0 Å². The van der Waals surface area contributed by atoms with Crippen LogP contribution in [0.3, 0.4) is 0 Å². The van der Waals surface area contributed by atoms with Gasteiger partial charge in [-0.25, -0.2) is 0 Å². The summed E-state index contributed by atoms with van der Waals surface area (Å²) in [6, 6.07) is 2.16.